The Bertz CT molecular complexity index is 372. The van der Waals surface area contributed by atoms with E-state index < -0.39 is 5.82 Å². The molecule has 0 bridgehead atoms. The second-order valence-corrected chi connectivity index (χ2v) is 4.04. The number of rotatable bonds is 3. The van der Waals surface area contributed by atoms with Gasteiger partial charge >= 0.3 is 0 Å². The number of hydrogen-bond donors (Lipinski definition) is 1. The van der Waals surface area contributed by atoms with E-state index in [1.54, 1.807) is 0 Å². The standard InChI is InChI=1S/C11H16FN3O/c1-2-8-10(12)11(15-6-14-8)16-9-5-3-4-7(9)13/h6-7,9H,2-5,13H2,1H3. The summed E-state index contributed by atoms with van der Waals surface area (Å²) in [4.78, 5) is 7.67. The Hall–Kier alpha value is -1.23. The van der Waals surface area contributed by atoms with Crippen molar-refractivity contribution in [2.24, 2.45) is 5.73 Å². The Balaban J connectivity index is 2.14. The monoisotopic (exact) mass is 225 g/mol. The number of nitrogens with zero attached hydrogens (tertiary/aromatic N) is 2. The summed E-state index contributed by atoms with van der Waals surface area (Å²) in [6.45, 7) is 1.84. The summed E-state index contributed by atoms with van der Waals surface area (Å²) in [6.07, 6.45) is 4.57. The Morgan fingerprint density at radius 2 is 2.31 bits per heavy atom. The molecule has 5 heteroatoms. The van der Waals surface area contributed by atoms with E-state index in [2.05, 4.69) is 9.97 Å². The number of aryl methyl sites for hydroxylation is 1. The molecule has 0 radical (unpaired) electrons. The highest BCUT2D eigenvalue weighted by molar-refractivity contribution is 5.17. The van der Waals surface area contributed by atoms with Crippen LogP contribution in [0.15, 0.2) is 6.33 Å². The van der Waals surface area contributed by atoms with Crippen LogP contribution in [0.3, 0.4) is 0 Å². The highest BCUT2D eigenvalue weighted by Gasteiger charge is 2.27. The molecule has 4 nitrogen and oxygen atoms in total. The van der Waals surface area contributed by atoms with E-state index in [9.17, 15) is 4.39 Å². The van der Waals surface area contributed by atoms with Gasteiger partial charge in [-0.2, -0.15) is 9.37 Å². The highest BCUT2D eigenvalue weighted by Crippen LogP contribution is 2.24. The van der Waals surface area contributed by atoms with Crippen molar-refractivity contribution in [2.75, 3.05) is 0 Å². The van der Waals surface area contributed by atoms with Gasteiger partial charge in [-0.25, -0.2) is 4.98 Å². The second-order valence-electron chi connectivity index (χ2n) is 4.04. The van der Waals surface area contributed by atoms with E-state index in [4.69, 9.17) is 10.5 Å². The van der Waals surface area contributed by atoms with Gasteiger partial charge in [0, 0.05) is 6.04 Å². The van der Waals surface area contributed by atoms with Crippen LogP contribution in [0.1, 0.15) is 31.9 Å². The molecular formula is C11H16FN3O. The molecule has 2 unspecified atom stereocenters. The molecule has 0 amide bonds. The van der Waals surface area contributed by atoms with Crippen LogP contribution in [0.2, 0.25) is 0 Å². The predicted molar refractivity (Wildman–Crippen MR) is 57.6 cm³/mol. The third kappa shape index (κ3) is 2.14. The molecule has 1 aromatic rings. The predicted octanol–water partition coefficient (Wildman–Crippen LogP) is 1.44. The van der Waals surface area contributed by atoms with Gasteiger partial charge in [-0.15, -0.1) is 0 Å². The molecule has 0 aliphatic heterocycles. The van der Waals surface area contributed by atoms with Gasteiger partial charge in [0.2, 0.25) is 5.82 Å². The van der Waals surface area contributed by atoms with Gasteiger partial charge < -0.3 is 10.5 Å². The molecule has 0 spiro atoms. The molecule has 0 aromatic carbocycles. The molecule has 1 heterocycles. The first-order valence-electron chi connectivity index (χ1n) is 5.64. The van der Waals surface area contributed by atoms with Crippen LogP contribution < -0.4 is 10.5 Å². The van der Waals surface area contributed by atoms with Crippen molar-refractivity contribution >= 4 is 0 Å². The Morgan fingerprint density at radius 1 is 1.50 bits per heavy atom. The highest BCUT2D eigenvalue weighted by atomic mass is 19.1. The van der Waals surface area contributed by atoms with E-state index >= 15 is 0 Å². The molecule has 2 atom stereocenters. The molecule has 1 saturated carbocycles. The number of halogens is 1. The van der Waals surface area contributed by atoms with Crippen LogP contribution in [0, 0.1) is 5.82 Å². The van der Waals surface area contributed by atoms with Gasteiger partial charge in [0.25, 0.3) is 5.88 Å². The zero-order chi connectivity index (χ0) is 11.5. The average Bonchev–Trinajstić information content (AvgIpc) is 2.68. The second kappa shape index (κ2) is 4.74. The van der Waals surface area contributed by atoms with Gasteiger partial charge in [-0.3, -0.25) is 0 Å². The Labute approximate surface area is 94.0 Å². The maximum atomic E-state index is 13.8. The first-order valence-corrected chi connectivity index (χ1v) is 5.64. The molecule has 2 rings (SSSR count). The molecule has 88 valence electrons. The number of ether oxygens (including phenoxy) is 1. The molecule has 2 N–H and O–H groups in total. The van der Waals surface area contributed by atoms with Crippen LogP contribution in [-0.4, -0.2) is 22.1 Å². The van der Waals surface area contributed by atoms with Crippen LogP contribution in [-0.2, 0) is 6.42 Å². The van der Waals surface area contributed by atoms with Crippen molar-refractivity contribution in [3.8, 4) is 5.88 Å². The maximum Gasteiger partial charge on any atom is 0.254 e. The smallest absolute Gasteiger partial charge is 0.254 e. The van der Waals surface area contributed by atoms with Crippen molar-refractivity contribution in [3.63, 3.8) is 0 Å². The zero-order valence-electron chi connectivity index (χ0n) is 9.32. The Morgan fingerprint density at radius 3 is 2.94 bits per heavy atom. The summed E-state index contributed by atoms with van der Waals surface area (Å²) in [7, 11) is 0. The lowest BCUT2D eigenvalue weighted by atomic mass is 10.2. The molecule has 1 aliphatic rings. The van der Waals surface area contributed by atoms with Crippen molar-refractivity contribution in [3.05, 3.63) is 17.8 Å². The van der Waals surface area contributed by atoms with E-state index in [-0.39, 0.29) is 18.0 Å². The number of nitrogens with two attached hydrogens (primary N) is 1. The molecular weight excluding hydrogens is 209 g/mol. The summed E-state index contributed by atoms with van der Waals surface area (Å²) in [5, 5.41) is 0. The Kier molecular flexibility index (Phi) is 3.33. The summed E-state index contributed by atoms with van der Waals surface area (Å²) >= 11 is 0. The normalized spacial score (nSPS) is 24.7. The van der Waals surface area contributed by atoms with Crippen LogP contribution in [0.5, 0.6) is 5.88 Å². The summed E-state index contributed by atoms with van der Waals surface area (Å²) in [6, 6.07) is -0.0144. The van der Waals surface area contributed by atoms with E-state index in [1.165, 1.54) is 6.33 Å². The quantitative estimate of drug-likeness (QED) is 0.845. The molecule has 1 aliphatic carbocycles. The minimum absolute atomic E-state index is 0.0144. The third-order valence-electron chi connectivity index (χ3n) is 2.93. The number of hydrogen-bond acceptors (Lipinski definition) is 4. The third-order valence-corrected chi connectivity index (χ3v) is 2.93. The zero-order valence-corrected chi connectivity index (χ0v) is 9.32. The van der Waals surface area contributed by atoms with Crippen LogP contribution in [0.4, 0.5) is 4.39 Å². The average molecular weight is 225 g/mol. The van der Waals surface area contributed by atoms with Crippen molar-refractivity contribution in [1.29, 1.82) is 0 Å². The SMILES string of the molecule is CCc1ncnc(OC2CCCC2N)c1F. The molecule has 1 aromatic heterocycles. The van der Waals surface area contributed by atoms with E-state index in [1.807, 2.05) is 6.92 Å². The summed E-state index contributed by atoms with van der Waals surface area (Å²) < 4.78 is 19.3. The van der Waals surface area contributed by atoms with Crippen molar-refractivity contribution in [2.45, 2.75) is 44.8 Å². The van der Waals surface area contributed by atoms with Crippen LogP contribution in [0.25, 0.3) is 0 Å². The van der Waals surface area contributed by atoms with Gasteiger partial charge in [-0.1, -0.05) is 6.92 Å². The fourth-order valence-electron chi connectivity index (χ4n) is 1.96. The fraction of sp³-hybridized carbons (Fsp3) is 0.636. The molecule has 1 fully saturated rings. The van der Waals surface area contributed by atoms with Gasteiger partial charge in [0.1, 0.15) is 12.4 Å². The summed E-state index contributed by atoms with van der Waals surface area (Å²) in [5.41, 5.74) is 6.24. The first kappa shape index (κ1) is 11.3. The number of aromatic nitrogens is 2. The molecule has 0 saturated heterocycles. The minimum Gasteiger partial charge on any atom is -0.471 e. The van der Waals surface area contributed by atoms with Gasteiger partial charge in [-0.05, 0) is 25.7 Å². The lowest BCUT2D eigenvalue weighted by Crippen LogP contribution is -2.34. The van der Waals surface area contributed by atoms with Crippen LogP contribution >= 0.6 is 0 Å². The van der Waals surface area contributed by atoms with Gasteiger partial charge in [0.15, 0.2) is 0 Å². The fourth-order valence-corrected chi connectivity index (χ4v) is 1.96. The molecule has 16 heavy (non-hydrogen) atoms. The first-order chi connectivity index (χ1) is 7.72. The van der Waals surface area contributed by atoms with E-state index in [0.29, 0.717) is 12.1 Å². The minimum atomic E-state index is -0.455. The van der Waals surface area contributed by atoms with Crippen molar-refractivity contribution < 1.29 is 9.13 Å². The topological polar surface area (TPSA) is 61.0 Å². The lowest BCUT2D eigenvalue weighted by Gasteiger charge is -2.17. The van der Waals surface area contributed by atoms with E-state index in [0.717, 1.165) is 19.3 Å². The van der Waals surface area contributed by atoms with Crippen molar-refractivity contribution in [1.82, 2.24) is 9.97 Å². The maximum absolute atomic E-state index is 13.8. The van der Waals surface area contributed by atoms with Gasteiger partial charge in [0.05, 0.1) is 5.69 Å². The largest absolute Gasteiger partial charge is 0.471 e. The lowest BCUT2D eigenvalue weighted by molar-refractivity contribution is 0.174. The summed E-state index contributed by atoms with van der Waals surface area (Å²) in [5.74, 6) is -0.418.